The van der Waals surface area contributed by atoms with Crippen LogP contribution in [0.25, 0.3) is 0 Å². The molecule has 2 nitrogen and oxygen atoms in total. The summed E-state index contributed by atoms with van der Waals surface area (Å²) in [6, 6.07) is 10.6. The van der Waals surface area contributed by atoms with Crippen molar-refractivity contribution in [1.82, 2.24) is 0 Å². The lowest BCUT2D eigenvalue weighted by molar-refractivity contribution is 0.617. The molecule has 0 saturated heterocycles. The molecule has 5 heteroatoms. The van der Waals surface area contributed by atoms with Gasteiger partial charge in [-0.25, -0.2) is 4.39 Å². The van der Waals surface area contributed by atoms with Gasteiger partial charge >= 0.3 is 0 Å². The van der Waals surface area contributed by atoms with Gasteiger partial charge in [0.05, 0.1) is 0 Å². The fraction of sp³-hybridized carbons (Fsp3) is 0.250. The van der Waals surface area contributed by atoms with Crippen molar-refractivity contribution in [3.63, 3.8) is 0 Å². The van der Waals surface area contributed by atoms with Gasteiger partial charge in [-0.05, 0) is 47.9 Å². The van der Waals surface area contributed by atoms with E-state index >= 15 is 0 Å². The van der Waals surface area contributed by atoms with E-state index in [1.54, 1.807) is 25.3 Å². The standard InChI is InChI=1S/C16H17ClFNOS/c1-11-7-12(3-6-16(11)18)9-19-14-4-5-15(17)13(8-14)10-21(2)20/h3-8,19H,9-10H2,1-2H3/t21-/m0/s1. The summed E-state index contributed by atoms with van der Waals surface area (Å²) in [4.78, 5) is 0. The van der Waals surface area contributed by atoms with Crippen molar-refractivity contribution >= 4 is 28.1 Å². The van der Waals surface area contributed by atoms with Gasteiger partial charge < -0.3 is 5.32 Å². The Morgan fingerprint density at radius 3 is 2.67 bits per heavy atom. The maximum atomic E-state index is 13.2. The summed E-state index contributed by atoms with van der Waals surface area (Å²) >= 11 is 6.09. The Kier molecular flexibility index (Phi) is 5.37. The molecule has 1 N–H and O–H groups in total. The van der Waals surface area contributed by atoms with Crippen molar-refractivity contribution in [2.24, 2.45) is 0 Å². The Hall–Kier alpha value is -1.39. The van der Waals surface area contributed by atoms with Crippen LogP contribution < -0.4 is 5.32 Å². The van der Waals surface area contributed by atoms with Crippen molar-refractivity contribution in [2.45, 2.75) is 19.2 Å². The number of hydrogen-bond acceptors (Lipinski definition) is 2. The monoisotopic (exact) mass is 325 g/mol. The number of rotatable bonds is 5. The first kappa shape index (κ1) is 16.0. The fourth-order valence-electron chi connectivity index (χ4n) is 2.04. The Bertz CT molecular complexity index is 675. The van der Waals surface area contributed by atoms with Gasteiger partial charge in [-0.15, -0.1) is 0 Å². The zero-order valence-corrected chi connectivity index (χ0v) is 13.5. The third kappa shape index (κ3) is 4.55. The van der Waals surface area contributed by atoms with Gasteiger partial charge in [-0.1, -0.05) is 23.7 Å². The molecule has 0 heterocycles. The second kappa shape index (κ2) is 7.05. The molecule has 0 aromatic heterocycles. The van der Waals surface area contributed by atoms with Crippen LogP contribution in [-0.2, 0) is 23.1 Å². The largest absolute Gasteiger partial charge is 0.381 e. The van der Waals surface area contributed by atoms with Crippen LogP contribution in [0.3, 0.4) is 0 Å². The van der Waals surface area contributed by atoms with E-state index in [9.17, 15) is 8.60 Å². The van der Waals surface area contributed by atoms with Crippen molar-refractivity contribution in [3.8, 4) is 0 Å². The summed E-state index contributed by atoms with van der Waals surface area (Å²) in [5, 5.41) is 3.89. The lowest BCUT2D eigenvalue weighted by Crippen LogP contribution is -2.02. The summed E-state index contributed by atoms with van der Waals surface area (Å²) in [6.45, 7) is 2.34. The number of halogens is 2. The first-order valence-electron chi connectivity index (χ1n) is 6.53. The highest BCUT2D eigenvalue weighted by molar-refractivity contribution is 7.83. The Morgan fingerprint density at radius 2 is 2.00 bits per heavy atom. The maximum absolute atomic E-state index is 13.2. The van der Waals surface area contributed by atoms with E-state index in [4.69, 9.17) is 11.6 Å². The lowest BCUT2D eigenvalue weighted by atomic mass is 10.1. The highest BCUT2D eigenvalue weighted by Gasteiger charge is 2.05. The van der Waals surface area contributed by atoms with E-state index in [0.29, 0.717) is 22.9 Å². The van der Waals surface area contributed by atoms with E-state index in [-0.39, 0.29) is 5.82 Å². The van der Waals surface area contributed by atoms with E-state index in [1.165, 1.54) is 6.07 Å². The molecule has 0 aliphatic rings. The summed E-state index contributed by atoms with van der Waals surface area (Å²) in [6.07, 6.45) is 1.65. The van der Waals surface area contributed by atoms with E-state index in [1.807, 2.05) is 18.2 Å². The molecule has 21 heavy (non-hydrogen) atoms. The summed E-state index contributed by atoms with van der Waals surface area (Å²) < 4.78 is 24.5. The molecule has 0 amide bonds. The number of nitrogens with one attached hydrogen (secondary N) is 1. The highest BCUT2D eigenvalue weighted by Crippen LogP contribution is 2.22. The van der Waals surface area contributed by atoms with Crippen LogP contribution in [0.4, 0.5) is 10.1 Å². The minimum Gasteiger partial charge on any atom is -0.381 e. The molecule has 112 valence electrons. The smallest absolute Gasteiger partial charge is 0.126 e. The molecule has 0 spiro atoms. The van der Waals surface area contributed by atoms with Crippen LogP contribution in [-0.4, -0.2) is 10.5 Å². The SMILES string of the molecule is Cc1cc(CNc2ccc(Cl)c(C[S@](C)=O)c2)ccc1F. The summed E-state index contributed by atoms with van der Waals surface area (Å²) in [5.41, 5.74) is 3.40. The average Bonchev–Trinajstić information content (AvgIpc) is 2.43. The number of benzene rings is 2. The van der Waals surface area contributed by atoms with Crippen LogP contribution in [0.15, 0.2) is 36.4 Å². The Balaban J connectivity index is 2.09. The van der Waals surface area contributed by atoms with Gasteiger partial charge in [-0.3, -0.25) is 4.21 Å². The Morgan fingerprint density at radius 1 is 1.24 bits per heavy atom. The zero-order valence-electron chi connectivity index (χ0n) is 12.0. The van der Waals surface area contributed by atoms with E-state index < -0.39 is 10.8 Å². The van der Waals surface area contributed by atoms with Gasteiger partial charge in [0, 0.05) is 40.1 Å². The normalized spacial score (nSPS) is 12.2. The highest BCUT2D eigenvalue weighted by atomic mass is 35.5. The molecular formula is C16H17ClFNOS. The molecule has 2 aromatic rings. The second-order valence-corrected chi connectivity index (χ2v) is 6.80. The molecular weight excluding hydrogens is 309 g/mol. The molecule has 0 unspecified atom stereocenters. The zero-order chi connectivity index (χ0) is 15.4. The predicted molar refractivity (Wildman–Crippen MR) is 87.7 cm³/mol. The van der Waals surface area contributed by atoms with Crippen LogP contribution in [0.1, 0.15) is 16.7 Å². The summed E-state index contributed by atoms with van der Waals surface area (Å²) in [7, 11) is -0.935. The number of anilines is 1. The average molecular weight is 326 g/mol. The van der Waals surface area contributed by atoms with Crippen molar-refractivity contribution in [2.75, 3.05) is 11.6 Å². The van der Waals surface area contributed by atoms with Crippen LogP contribution >= 0.6 is 11.6 Å². The van der Waals surface area contributed by atoms with Gasteiger partial charge in [0.25, 0.3) is 0 Å². The molecule has 0 saturated carbocycles. The minimum absolute atomic E-state index is 0.196. The van der Waals surface area contributed by atoms with Gasteiger partial charge in [0.2, 0.25) is 0 Å². The van der Waals surface area contributed by atoms with Gasteiger partial charge in [-0.2, -0.15) is 0 Å². The number of hydrogen-bond donors (Lipinski definition) is 1. The third-order valence-electron chi connectivity index (χ3n) is 3.12. The molecule has 0 aliphatic heterocycles. The maximum Gasteiger partial charge on any atom is 0.126 e. The predicted octanol–water partition coefficient (Wildman–Crippen LogP) is 4.28. The molecule has 0 aliphatic carbocycles. The second-order valence-electron chi connectivity index (χ2n) is 4.96. The molecule has 2 aromatic carbocycles. The molecule has 1 atom stereocenters. The van der Waals surface area contributed by atoms with Gasteiger partial charge in [0.15, 0.2) is 0 Å². The summed E-state index contributed by atoms with van der Waals surface area (Å²) in [5.74, 6) is 0.238. The van der Waals surface area contributed by atoms with E-state index in [0.717, 1.165) is 16.8 Å². The Labute approximate surface area is 131 Å². The van der Waals surface area contributed by atoms with E-state index in [2.05, 4.69) is 5.32 Å². The van der Waals surface area contributed by atoms with Gasteiger partial charge in [0.1, 0.15) is 5.82 Å². The first-order chi connectivity index (χ1) is 9.95. The number of aryl methyl sites for hydroxylation is 1. The topological polar surface area (TPSA) is 29.1 Å². The van der Waals surface area contributed by atoms with Crippen molar-refractivity contribution < 1.29 is 8.60 Å². The lowest BCUT2D eigenvalue weighted by Gasteiger charge is -2.10. The van der Waals surface area contributed by atoms with Crippen molar-refractivity contribution in [1.29, 1.82) is 0 Å². The molecule has 2 rings (SSSR count). The molecule has 0 radical (unpaired) electrons. The minimum atomic E-state index is -0.935. The quantitative estimate of drug-likeness (QED) is 0.889. The molecule has 0 bridgehead atoms. The molecule has 0 fully saturated rings. The van der Waals surface area contributed by atoms with Crippen molar-refractivity contribution in [3.05, 3.63) is 63.9 Å². The first-order valence-corrected chi connectivity index (χ1v) is 8.63. The third-order valence-corrected chi connectivity index (χ3v) is 4.21. The van der Waals surface area contributed by atoms with Crippen LogP contribution in [0.5, 0.6) is 0 Å². The fourth-order valence-corrected chi connectivity index (χ4v) is 2.98. The van der Waals surface area contributed by atoms with Crippen LogP contribution in [0.2, 0.25) is 5.02 Å². The van der Waals surface area contributed by atoms with Crippen LogP contribution in [0, 0.1) is 12.7 Å².